The second kappa shape index (κ2) is 7.92. The predicted molar refractivity (Wildman–Crippen MR) is 90.7 cm³/mol. The van der Waals surface area contributed by atoms with Gasteiger partial charge in [0.05, 0.1) is 12.5 Å². The largest absolute Gasteiger partial charge is 0.383 e. The van der Waals surface area contributed by atoms with E-state index < -0.39 is 0 Å². The van der Waals surface area contributed by atoms with Crippen molar-refractivity contribution < 1.29 is 19.1 Å². The first kappa shape index (κ1) is 17.9. The van der Waals surface area contributed by atoms with Crippen LogP contribution in [-0.2, 0) is 19.1 Å². The summed E-state index contributed by atoms with van der Waals surface area (Å²) in [5.74, 6) is -0.772. The molecule has 1 atom stereocenters. The van der Waals surface area contributed by atoms with Crippen molar-refractivity contribution >= 4 is 29.1 Å². The summed E-state index contributed by atoms with van der Waals surface area (Å²) in [4.78, 5) is 37.2. The molecule has 130 valence electrons. The maximum atomic E-state index is 12.5. The Morgan fingerprint density at radius 1 is 1.33 bits per heavy atom. The zero-order chi connectivity index (χ0) is 17.7. The Labute approximate surface area is 141 Å². The molecule has 2 N–H and O–H groups in total. The normalized spacial score (nSPS) is 17.0. The van der Waals surface area contributed by atoms with Crippen LogP contribution in [0.4, 0.5) is 11.4 Å². The second-order valence-corrected chi connectivity index (χ2v) is 5.93. The summed E-state index contributed by atoms with van der Waals surface area (Å²) in [6, 6.07) is 5.32. The van der Waals surface area contributed by atoms with Gasteiger partial charge in [-0.15, -0.1) is 0 Å². The molecule has 3 amide bonds. The van der Waals surface area contributed by atoms with Gasteiger partial charge in [0.25, 0.3) is 0 Å². The SMILES string of the molecule is COCCN1CC(C(=O)Nc2cc(NC(C)=O)ccc2C)CC1=O. The van der Waals surface area contributed by atoms with Crippen molar-refractivity contribution in [3.8, 4) is 0 Å². The highest BCUT2D eigenvalue weighted by Crippen LogP contribution is 2.24. The van der Waals surface area contributed by atoms with Crippen LogP contribution in [0.5, 0.6) is 0 Å². The van der Waals surface area contributed by atoms with Gasteiger partial charge in [0.1, 0.15) is 0 Å². The molecule has 1 saturated heterocycles. The van der Waals surface area contributed by atoms with Gasteiger partial charge in [-0.3, -0.25) is 14.4 Å². The lowest BCUT2D eigenvalue weighted by Crippen LogP contribution is -2.30. The molecular weight excluding hydrogens is 310 g/mol. The Hall–Kier alpha value is -2.41. The molecule has 24 heavy (non-hydrogen) atoms. The van der Waals surface area contributed by atoms with E-state index in [2.05, 4.69) is 10.6 Å². The summed E-state index contributed by atoms with van der Waals surface area (Å²) >= 11 is 0. The number of aryl methyl sites for hydroxylation is 1. The zero-order valence-corrected chi connectivity index (χ0v) is 14.2. The highest BCUT2D eigenvalue weighted by molar-refractivity contribution is 5.98. The van der Waals surface area contributed by atoms with Crippen molar-refractivity contribution in [2.75, 3.05) is 37.4 Å². The molecular formula is C17H23N3O4. The molecule has 0 radical (unpaired) electrons. The van der Waals surface area contributed by atoms with Crippen molar-refractivity contribution in [2.45, 2.75) is 20.3 Å². The highest BCUT2D eigenvalue weighted by Gasteiger charge is 2.34. The van der Waals surface area contributed by atoms with Gasteiger partial charge in [-0.05, 0) is 24.6 Å². The minimum Gasteiger partial charge on any atom is -0.383 e. The van der Waals surface area contributed by atoms with Crippen LogP contribution in [0.1, 0.15) is 18.9 Å². The Kier molecular flexibility index (Phi) is 5.92. The van der Waals surface area contributed by atoms with Crippen LogP contribution in [0.15, 0.2) is 18.2 Å². The number of amides is 3. The third-order valence-electron chi connectivity index (χ3n) is 3.97. The fourth-order valence-corrected chi connectivity index (χ4v) is 2.64. The van der Waals surface area contributed by atoms with Crippen LogP contribution < -0.4 is 10.6 Å². The van der Waals surface area contributed by atoms with Crippen molar-refractivity contribution in [2.24, 2.45) is 5.92 Å². The predicted octanol–water partition coefficient (Wildman–Crippen LogP) is 1.39. The number of ether oxygens (including phenoxy) is 1. The summed E-state index contributed by atoms with van der Waals surface area (Å²) in [5.41, 5.74) is 2.14. The number of hydrogen-bond acceptors (Lipinski definition) is 4. The molecule has 0 aromatic heterocycles. The van der Waals surface area contributed by atoms with E-state index in [4.69, 9.17) is 4.74 Å². The number of methoxy groups -OCH3 is 1. The van der Waals surface area contributed by atoms with Crippen molar-refractivity contribution in [3.63, 3.8) is 0 Å². The molecule has 1 aromatic rings. The quantitative estimate of drug-likeness (QED) is 0.823. The molecule has 0 aliphatic carbocycles. The van der Waals surface area contributed by atoms with E-state index in [0.717, 1.165) is 5.56 Å². The van der Waals surface area contributed by atoms with Gasteiger partial charge < -0.3 is 20.3 Å². The molecule has 7 nitrogen and oxygen atoms in total. The first-order chi connectivity index (χ1) is 11.4. The lowest BCUT2D eigenvalue weighted by Gasteiger charge is -2.16. The number of carbonyl (C=O) groups is 3. The van der Waals surface area contributed by atoms with E-state index in [1.165, 1.54) is 6.92 Å². The molecule has 0 spiro atoms. The molecule has 1 fully saturated rings. The van der Waals surface area contributed by atoms with E-state index in [9.17, 15) is 14.4 Å². The van der Waals surface area contributed by atoms with E-state index in [1.807, 2.05) is 13.0 Å². The van der Waals surface area contributed by atoms with E-state index in [1.54, 1.807) is 24.1 Å². The summed E-state index contributed by atoms with van der Waals surface area (Å²) in [6.07, 6.45) is 0.208. The summed E-state index contributed by atoms with van der Waals surface area (Å²) in [6.45, 7) is 4.65. The number of likely N-dealkylation sites (tertiary alicyclic amines) is 1. The summed E-state index contributed by atoms with van der Waals surface area (Å²) in [7, 11) is 1.58. The Morgan fingerprint density at radius 3 is 2.75 bits per heavy atom. The zero-order valence-electron chi connectivity index (χ0n) is 14.2. The van der Waals surface area contributed by atoms with Gasteiger partial charge in [0.2, 0.25) is 17.7 Å². The number of carbonyl (C=O) groups excluding carboxylic acids is 3. The van der Waals surface area contributed by atoms with Crippen molar-refractivity contribution in [3.05, 3.63) is 23.8 Å². The second-order valence-electron chi connectivity index (χ2n) is 5.93. The summed E-state index contributed by atoms with van der Waals surface area (Å²) in [5, 5.41) is 5.55. The van der Waals surface area contributed by atoms with Crippen LogP contribution in [0.25, 0.3) is 0 Å². The first-order valence-corrected chi connectivity index (χ1v) is 7.86. The minimum atomic E-state index is -0.377. The van der Waals surface area contributed by atoms with Gasteiger partial charge in [-0.1, -0.05) is 6.07 Å². The fraction of sp³-hybridized carbons (Fsp3) is 0.471. The topological polar surface area (TPSA) is 87.7 Å². The molecule has 1 aliphatic rings. The van der Waals surface area contributed by atoms with Crippen LogP contribution in [0.2, 0.25) is 0 Å². The van der Waals surface area contributed by atoms with Crippen LogP contribution in [0, 0.1) is 12.8 Å². The third-order valence-corrected chi connectivity index (χ3v) is 3.97. The fourth-order valence-electron chi connectivity index (χ4n) is 2.64. The van der Waals surface area contributed by atoms with Gasteiger partial charge in [-0.2, -0.15) is 0 Å². The lowest BCUT2D eigenvalue weighted by atomic mass is 10.1. The molecule has 0 bridgehead atoms. The van der Waals surface area contributed by atoms with Crippen LogP contribution in [-0.4, -0.2) is 49.4 Å². The average Bonchev–Trinajstić information content (AvgIpc) is 2.89. The number of nitrogens with zero attached hydrogens (tertiary/aromatic N) is 1. The third kappa shape index (κ3) is 4.55. The average molecular weight is 333 g/mol. The molecule has 1 unspecified atom stereocenters. The standard InChI is InChI=1S/C17H23N3O4/c1-11-4-5-14(18-12(2)21)9-15(11)19-17(23)13-8-16(22)20(10-13)6-7-24-3/h4-5,9,13H,6-8,10H2,1-3H3,(H,18,21)(H,19,23). The van der Waals surface area contributed by atoms with Gasteiger partial charge >= 0.3 is 0 Å². The molecule has 1 aliphatic heterocycles. The Bertz CT molecular complexity index is 645. The van der Waals surface area contributed by atoms with Crippen LogP contribution >= 0.6 is 0 Å². The Morgan fingerprint density at radius 2 is 2.08 bits per heavy atom. The summed E-state index contributed by atoms with van der Waals surface area (Å²) < 4.78 is 4.98. The molecule has 7 heteroatoms. The molecule has 0 saturated carbocycles. The maximum Gasteiger partial charge on any atom is 0.229 e. The smallest absolute Gasteiger partial charge is 0.229 e. The van der Waals surface area contributed by atoms with Gasteiger partial charge in [-0.25, -0.2) is 0 Å². The number of benzene rings is 1. The highest BCUT2D eigenvalue weighted by atomic mass is 16.5. The lowest BCUT2D eigenvalue weighted by molar-refractivity contribution is -0.128. The monoisotopic (exact) mass is 333 g/mol. The van der Waals surface area contributed by atoms with Crippen molar-refractivity contribution in [1.29, 1.82) is 0 Å². The van der Waals surface area contributed by atoms with E-state index >= 15 is 0 Å². The maximum absolute atomic E-state index is 12.5. The van der Waals surface area contributed by atoms with Crippen LogP contribution in [0.3, 0.4) is 0 Å². The molecule has 2 rings (SSSR count). The van der Waals surface area contributed by atoms with Gasteiger partial charge in [0, 0.05) is 44.9 Å². The van der Waals surface area contributed by atoms with Crippen molar-refractivity contribution in [1.82, 2.24) is 4.90 Å². The number of nitrogens with one attached hydrogen (secondary N) is 2. The molecule has 1 aromatic carbocycles. The minimum absolute atomic E-state index is 0.0316. The molecule has 1 heterocycles. The number of hydrogen-bond donors (Lipinski definition) is 2. The number of anilines is 2. The number of rotatable bonds is 6. The Balaban J connectivity index is 2.02. The van der Waals surface area contributed by atoms with E-state index in [0.29, 0.717) is 31.1 Å². The first-order valence-electron chi connectivity index (χ1n) is 7.86. The van der Waals surface area contributed by atoms with Gasteiger partial charge in [0.15, 0.2) is 0 Å². The van der Waals surface area contributed by atoms with E-state index in [-0.39, 0.29) is 30.1 Å².